The van der Waals surface area contributed by atoms with Gasteiger partial charge < -0.3 is 20.6 Å². The molecule has 2 atom stereocenters. The Labute approximate surface area is 148 Å². The van der Waals surface area contributed by atoms with E-state index in [-0.39, 0.29) is 18.0 Å². The minimum atomic E-state index is -0.444. The van der Waals surface area contributed by atoms with E-state index in [0.29, 0.717) is 13.0 Å². The van der Waals surface area contributed by atoms with Gasteiger partial charge in [-0.1, -0.05) is 25.0 Å². The van der Waals surface area contributed by atoms with E-state index >= 15 is 0 Å². The molecule has 3 rings (SSSR count). The molecule has 1 aliphatic heterocycles. The highest BCUT2D eigenvalue weighted by molar-refractivity contribution is 5.93. The van der Waals surface area contributed by atoms with Crippen molar-refractivity contribution in [3.63, 3.8) is 0 Å². The number of urea groups is 1. The van der Waals surface area contributed by atoms with Crippen LogP contribution in [0.15, 0.2) is 24.3 Å². The Morgan fingerprint density at radius 1 is 1.12 bits per heavy atom. The minimum Gasteiger partial charge on any atom is -0.391 e. The van der Waals surface area contributed by atoms with Gasteiger partial charge in [-0.05, 0) is 43.4 Å². The molecule has 0 spiro atoms. The third kappa shape index (κ3) is 4.72. The van der Waals surface area contributed by atoms with Crippen molar-refractivity contribution in [2.75, 3.05) is 11.4 Å². The smallest absolute Gasteiger partial charge is 0.315 e. The predicted octanol–water partition coefficient (Wildman–Crippen LogP) is 2.31. The first-order chi connectivity index (χ1) is 12.1. The highest BCUT2D eigenvalue weighted by Gasteiger charge is 2.24. The Balaban J connectivity index is 1.48. The average Bonchev–Trinajstić information content (AvgIpc) is 2.63. The number of rotatable bonds is 4. The average molecular weight is 345 g/mol. The van der Waals surface area contributed by atoms with Crippen molar-refractivity contribution >= 4 is 17.6 Å². The largest absolute Gasteiger partial charge is 0.391 e. The van der Waals surface area contributed by atoms with Crippen LogP contribution >= 0.6 is 0 Å². The molecule has 6 nitrogen and oxygen atoms in total. The number of nitrogens with one attached hydrogen (secondary N) is 2. The molecular formula is C19H27N3O3. The monoisotopic (exact) mass is 345 g/mol. The fraction of sp³-hybridized carbons (Fsp3) is 0.579. The van der Waals surface area contributed by atoms with Gasteiger partial charge in [-0.3, -0.25) is 4.79 Å². The molecule has 2 unspecified atom stereocenters. The lowest BCUT2D eigenvalue weighted by Crippen LogP contribution is -2.48. The normalized spacial score (nSPS) is 24.0. The van der Waals surface area contributed by atoms with E-state index in [0.717, 1.165) is 56.3 Å². The second-order valence-corrected chi connectivity index (χ2v) is 6.95. The molecule has 1 aromatic carbocycles. The van der Waals surface area contributed by atoms with E-state index in [2.05, 4.69) is 10.6 Å². The summed E-state index contributed by atoms with van der Waals surface area (Å²) in [5.74, 6) is 0.183. The number of hydrogen-bond acceptors (Lipinski definition) is 3. The lowest BCUT2D eigenvalue weighted by atomic mass is 9.93. The zero-order valence-electron chi connectivity index (χ0n) is 14.5. The molecule has 0 aromatic heterocycles. The number of benzene rings is 1. The quantitative estimate of drug-likeness (QED) is 0.783. The summed E-state index contributed by atoms with van der Waals surface area (Å²) in [7, 11) is 0. The number of carbonyl (C=O) groups is 2. The van der Waals surface area contributed by atoms with Crippen LogP contribution in [0.4, 0.5) is 10.5 Å². The molecule has 3 N–H and O–H groups in total. The van der Waals surface area contributed by atoms with E-state index in [1.807, 2.05) is 29.2 Å². The second-order valence-electron chi connectivity index (χ2n) is 6.95. The molecule has 0 bridgehead atoms. The maximum atomic E-state index is 12.0. The van der Waals surface area contributed by atoms with E-state index in [9.17, 15) is 14.7 Å². The van der Waals surface area contributed by atoms with Crippen LogP contribution in [0.2, 0.25) is 0 Å². The minimum absolute atomic E-state index is 0.152. The van der Waals surface area contributed by atoms with Crippen molar-refractivity contribution in [3.05, 3.63) is 29.8 Å². The van der Waals surface area contributed by atoms with Gasteiger partial charge in [0.05, 0.1) is 12.1 Å². The Morgan fingerprint density at radius 2 is 1.88 bits per heavy atom. The molecule has 136 valence electrons. The van der Waals surface area contributed by atoms with Crippen molar-refractivity contribution < 1.29 is 14.7 Å². The Hall–Kier alpha value is -2.08. The first-order valence-electron chi connectivity index (χ1n) is 9.25. The van der Waals surface area contributed by atoms with Crippen LogP contribution < -0.4 is 15.5 Å². The van der Waals surface area contributed by atoms with Gasteiger partial charge >= 0.3 is 6.03 Å². The van der Waals surface area contributed by atoms with Gasteiger partial charge in [-0.25, -0.2) is 4.79 Å². The molecular weight excluding hydrogens is 318 g/mol. The van der Waals surface area contributed by atoms with Gasteiger partial charge in [0.1, 0.15) is 0 Å². The van der Waals surface area contributed by atoms with E-state index in [1.165, 1.54) is 0 Å². The first kappa shape index (κ1) is 17.7. The zero-order chi connectivity index (χ0) is 17.6. The Bertz CT molecular complexity index is 602. The summed E-state index contributed by atoms with van der Waals surface area (Å²) in [4.78, 5) is 25.8. The molecule has 25 heavy (non-hydrogen) atoms. The second kappa shape index (κ2) is 8.34. The lowest BCUT2D eigenvalue weighted by Gasteiger charge is -2.28. The van der Waals surface area contributed by atoms with Crippen LogP contribution in [0.5, 0.6) is 0 Å². The van der Waals surface area contributed by atoms with Crippen LogP contribution in [-0.4, -0.2) is 35.7 Å². The number of amides is 3. The number of anilines is 1. The van der Waals surface area contributed by atoms with E-state index in [4.69, 9.17) is 0 Å². The fourth-order valence-electron chi connectivity index (χ4n) is 3.55. The number of aliphatic hydroxyl groups excluding tert-OH is 1. The Kier molecular flexibility index (Phi) is 5.91. The van der Waals surface area contributed by atoms with Crippen molar-refractivity contribution in [2.45, 2.75) is 63.6 Å². The third-order valence-corrected chi connectivity index (χ3v) is 5.07. The molecule has 2 aliphatic rings. The summed E-state index contributed by atoms with van der Waals surface area (Å²) in [5, 5.41) is 15.6. The van der Waals surface area contributed by atoms with Crippen LogP contribution in [0.1, 0.15) is 50.5 Å². The molecule has 3 amide bonds. The van der Waals surface area contributed by atoms with Gasteiger partial charge in [0.15, 0.2) is 0 Å². The maximum Gasteiger partial charge on any atom is 0.315 e. The summed E-state index contributed by atoms with van der Waals surface area (Å²) in [5.41, 5.74) is 1.90. The summed E-state index contributed by atoms with van der Waals surface area (Å²) < 4.78 is 0. The molecule has 1 heterocycles. The number of aliphatic hydroxyl groups is 1. The topological polar surface area (TPSA) is 81.7 Å². The predicted molar refractivity (Wildman–Crippen MR) is 96.3 cm³/mol. The summed E-state index contributed by atoms with van der Waals surface area (Å²) in [6, 6.07) is 7.34. The van der Waals surface area contributed by atoms with E-state index in [1.54, 1.807) is 0 Å². The highest BCUT2D eigenvalue weighted by Crippen LogP contribution is 2.21. The number of carbonyl (C=O) groups excluding carboxylic acids is 2. The standard InChI is InChI=1S/C19H27N3O3/c23-17-6-2-1-5-16(17)21-19(25)20-13-14-8-10-15(11-9-14)22-12-4-3-7-18(22)24/h8-11,16-17,23H,1-7,12-13H2,(H2,20,21,25). The van der Waals surface area contributed by atoms with Gasteiger partial charge in [0, 0.05) is 25.2 Å². The van der Waals surface area contributed by atoms with Crippen LogP contribution in [-0.2, 0) is 11.3 Å². The lowest BCUT2D eigenvalue weighted by molar-refractivity contribution is -0.119. The van der Waals surface area contributed by atoms with Crippen molar-refractivity contribution in [2.24, 2.45) is 0 Å². The van der Waals surface area contributed by atoms with E-state index < -0.39 is 6.10 Å². The molecule has 0 radical (unpaired) electrons. The number of piperidine rings is 1. The first-order valence-corrected chi connectivity index (χ1v) is 9.25. The molecule has 1 aromatic rings. The van der Waals surface area contributed by atoms with Gasteiger partial charge in [-0.2, -0.15) is 0 Å². The fourth-order valence-corrected chi connectivity index (χ4v) is 3.55. The van der Waals surface area contributed by atoms with Crippen LogP contribution in [0, 0.1) is 0 Å². The van der Waals surface area contributed by atoms with Crippen molar-refractivity contribution in [3.8, 4) is 0 Å². The molecule has 1 saturated carbocycles. The molecule has 1 saturated heterocycles. The van der Waals surface area contributed by atoms with Crippen molar-refractivity contribution in [1.29, 1.82) is 0 Å². The number of nitrogens with zero attached hydrogens (tertiary/aromatic N) is 1. The summed E-state index contributed by atoms with van der Waals surface area (Å²) in [6.45, 7) is 1.20. The summed E-state index contributed by atoms with van der Waals surface area (Å²) in [6.07, 6.45) is 5.84. The van der Waals surface area contributed by atoms with Crippen molar-refractivity contribution in [1.82, 2.24) is 10.6 Å². The van der Waals surface area contributed by atoms with Gasteiger partial charge in [0.25, 0.3) is 0 Å². The molecule has 6 heteroatoms. The molecule has 1 aliphatic carbocycles. The SMILES string of the molecule is O=C(NCc1ccc(N2CCCCC2=O)cc1)NC1CCCCC1O. The highest BCUT2D eigenvalue weighted by atomic mass is 16.3. The maximum absolute atomic E-state index is 12.0. The van der Waals surface area contributed by atoms with Crippen LogP contribution in [0.25, 0.3) is 0 Å². The van der Waals surface area contributed by atoms with Gasteiger partial charge in [0.2, 0.25) is 5.91 Å². The zero-order valence-corrected chi connectivity index (χ0v) is 14.5. The number of hydrogen-bond donors (Lipinski definition) is 3. The Morgan fingerprint density at radius 3 is 2.60 bits per heavy atom. The third-order valence-electron chi connectivity index (χ3n) is 5.07. The van der Waals surface area contributed by atoms with Gasteiger partial charge in [-0.15, -0.1) is 0 Å². The summed E-state index contributed by atoms with van der Waals surface area (Å²) >= 11 is 0. The molecule has 2 fully saturated rings. The van der Waals surface area contributed by atoms with Crippen LogP contribution in [0.3, 0.4) is 0 Å².